The first-order chi connectivity index (χ1) is 13.8. The summed E-state index contributed by atoms with van der Waals surface area (Å²) in [7, 11) is 0. The zero-order chi connectivity index (χ0) is 19.6. The number of azo groups is 1. The second kappa shape index (κ2) is 10.8. The predicted octanol–water partition coefficient (Wildman–Crippen LogP) is 6.94. The van der Waals surface area contributed by atoms with Crippen LogP contribution in [0.15, 0.2) is 52.7 Å². The van der Waals surface area contributed by atoms with Gasteiger partial charge in [0, 0.05) is 6.07 Å². The van der Waals surface area contributed by atoms with E-state index < -0.39 is 0 Å². The summed E-state index contributed by atoms with van der Waals surface area (Å²) in [5, 5.41) is 9.75. The summed E-state index contributed by atoms with van der Waals surface area (Å²) in [6.45, 7) is 6.12. The molecular weight excluding hydrogens is 370 g/mol. The second-order valence-corrected chi connectivity index (χ2v) is 7.62. The molecule has 5 nitrogen and oxygen atoms in total. The van der Waals surface area contributed by atoms with E-state index in [2.05, 4.69) is 35.1 Å². The molecule has 28 heavy (non-hydrogen) atoms. The molecule has 0 radical (unpaired) electrons. The highest BCUT2D eigenvalue weighted by molar-refractivity contribution is 7.18. The number of rotatable bonds is 11. The Morgan fingerprint density at radius 3 is 2.54 bits per heavy atom. The fourth-order valence-corrected chi connectivity index (χ4v) is 3.49. The molecule has 148 valence electrons. The monoisotopic (exact) mass is 397 g/mol. The standard InChI is InChI=1S/C22H27N3O2S/c1-3-5-13-26-17-11-12-20(27-14-6-4-2)19(15-17)25-23-16-22-24-18-9-7-8-10-21(18)28-22/h7-12,15H,3-6,13-14,16H2,1-2H3. The van der Waals surface area contributed by atoms with Gasteiger partial charge in [-0.25, -0.2) is 4.98 Å². The Balaban J connectivity index is 1.71. The molecule has 6 heteroatoms. The van der Waals surface area contributed by atoms with Crippen LogP contribution < -0.4 is 9.47 Å². The van der Waals surface area contributed by atoms with Crippen molar-refractivity contribution in [2.75, 3.05) is 13.2 Å². The topological polar surface area (TPSA) is 56.1 Å². The molecule has 0 unspecified atom stereocenters. The fourth-order valence-electron chi connectivity index (χ4n) is 2.61. The zero-order valence-corrected chi connectivity index (χ0v) is 17.4. The average molecular weight is 398 g/mol. The van der Waals surface area contributed by atoms with E-state index in [1.807, 2.05) is 36.4 Å². The van der Waals surface area contributed by atoms with Crippen molar-refractivity contribution in [2.24, 2.45) is 10.2 Å². The highest BCUT2D eigenvalue weighted by Gasteiger charge is 2.07. The van der Waals surface area contributed by atoms with Crippen molar-refractivity contribution in [2.45, 2.75) is 46.1 Å². The lowest BCUT2D eigenvalue weighted by molar-refractivity contribution is 0.301. The number of ether oxygens (including phenoxy) is 2. The Labute approximate surface area is 170 Å². The number of hydrogen-bond donors (Lipinski definition) is 0. The summed E-state index contributed by atoms with van der Waals surface area (Å²) in [6.07, 6.45) is 4.24. The smallest absolute Gasteiger partial charge is 0.147 e. The number of aromatic nitrogens is 1. The highest BCUT2D eigenvalue weighted by Crippen LogP contribution is 2.33. The Morgan fingerprint density at radius 1 is 0.964 bits per heavy atom. The van der Waals surface area contributed by atoms with Gasteiger partial charge in [0.1, 0.15) is 28.7 Å². The van der Waals surface area contributed by atoms with Crippen LogP contribution in [0.4, 0.5) is 5.69 Å². The van der Waals surface area contributed by atoms with E-state index in [4.69, 9.17) is 9.47 Å². The largest absolute Gasteiger partial charge is 0.494 e. The van der Waals surface area contributed by atoms with Gasteiger partial charge in [-0.15, -0.1) is 11.3 Å². The Hall–Kier alpha value is -2.47. The number of thiazole rings is 1. The van der Waals surface area contributed by atoms with E-state index in [0.717, 1.165) is 47.7 Å². The van der Waals surface area contributed by atoms with Crippen LogP contribution in [-0.4, -0.2) is 18.2 Å². The molecule has 0 aliphatic rings. The van der Waals surface area contributed by atoms with Crippen LogP contribution in [0.25, 0.3) is 10.2 Å². The lowest BCUT2D eigenvalue weighted by Crippen LogP contribution is -1.99. The molecule has 0 spiro atoms. The lowest BCUT2D eigenvalue weighted by Gasteiger charge is -2.10. The van der Waals surface area contributed by atoms with E-state index in [9.17, 15) is 0 Å². The molecule has 0 bridgehead atoms. The summed E-state index contributed by atoms with van der Waals surface area (Å²) in [5.74, 6) is 1.54. The van der Waals surface area contributed by atoms with Crippen molar-refractivity contribution in [3.05, 3.63) is 47.5 Å². The third-order valence-electron chi connectivity index (χ3n) is 4.18. The summed E-state index contributed by atoms with van der Waals surface area (Å²) >= 11 is 1.65. The molecule has 0 fully saturated rings. The van der Waals surface area contributed by atoms with Crippen molar-refractivity contribution in [3.63, 3.8) is 0 Å². The molecule has 1 heterocycles. The van der Waals surface area contributed by atoms with E-state index >= 15 is 0 Å². The molecule has 3 aromatic rings. The van der Waals surface area contributed by atoms with Crippen LogP contribution in [0.2, 0.25) is 0 Å². The van der Waals surface area contributed by atoms with Crippen LogP contribution in [0.3, 0.4) is 0 Å². The van der Waals surface area contributed by atoms with E-state index in [-0.39, 0.29) is 0 Å². The number of hydrogen-bond acceptors (Lipinski definition) is 6. The Morgan fingerprint density at radius 2 is 1.75 bits per heavy atom. The molecule has 0 aliphatic carbocycles. The SMILES string of the molecule is CCCCOc1ccc(OCCCC)c(N=NCc2nc3ccccc3s2)c1. The molecule has 3 rings (SSSR count). The maximum atomic E-state index is 5.89. The van der Waals surface area contributed by atoms with E-state index in [1.165, 1.54) is 4.70 Å². The number of fused-ring (bicyclic) bond motifs is 1. The van der Waals surface area contributed by atoms with Gasteiger partial charge in [-0.3, -0.25) is 0 Å². The summed E-state index contributed by atoms with van der Waals surface area (Å²) in [6, 6.07) is 13.9. The van der Waals surface area contributed by atoms with Crippen molar-refractivity contribution in [1.82, 2.24) is 4.98 Å². The number of benzene rings is 2. The van der Waals surface area contributed by atoms with Crippen molar-refractivity contribution in [1.29, 1.82) is 0 Å². The first kappa shape index (κ1) is 20.3. The van der Waals surface area contributed by atoms with E-state index in [1.54, 1.807) is 11.3 Å². The van der Waals surface area contributed by atoms with E-state index in [0.29, 0.717) is 25.4 Å². The summed E-state index contributed by atoms with van der Waals surface area (Å²) < 4.78 is 12.9. The Bertz CT molecular complexity index is 875. The van der Waals surface area contributed by atoms with Crippen molar-refractivity contribution in [3.8, 4) is 11.5 Å². The molecule has 1 aromatic heterocycles. The maximum absolute atomic E-state index is 5.89. The minimum Gasteiger partial charge on any atom is -0.494 e. The zero-order valence-electron chi connectivity index (χ0n) is 16.6. The van der Waals surface area contributed by atoms with Crippen LogP contribution in [0.5, 0.6) is 11.5 Å². The summed E-state index contributed by atoms with van der Waals surface area (Å²) in [4.78, 5) is 4.60. The van der Waals surface area contributed by atoms with Gasteiger partial charge in [0.2, 0.25) is 0 Å². The van der Waals surface area contributed by atoms with Gasteiger partial charge in [0.15, 0.2) is 0 Å². The first-order valence-corrected chi connectivity index (χ1v) is 10.7. The van der Waals surface area contributed by atoms with Crippen LogP contribution in [0, 0.1) is 0 Å². The molecule has 0 saturated carbocycles. The lowest BCUT2D eigenvalue weighted by atomic mass is 10.2. The third-order valence-corrected chi connectivity index (χ3v) is 5.20. The molecule has 2 aromatic carbocycles. The van der Waals surface area contributed by atoms with Gasteiger partial charge in [-0.1, -0.05) is 38.8 Å². The van der Waals surface area contributed by atoms with Gasteiger partial charge < -0.3 is 9.47 Å². The second-order valence-electron chi connectivity index (χ2n) is 6.51. The highest BCUT2D eigenvalue weighted by atomic mass is 32.1. The van der Waals surface area contributed by atoms with Gasteiger partial charge in [0.25, 0.3) is 0 Å². The van der Waals surface area contributed by atoms with Crippen molar-refractivity contribution >= 4 is 27.2 Å². The van der Waals surface area contributed by atoms with Gasteiger partial charge in [-0.05, 0) is 37.1 Å². The molecule has 0 saturated heterocycles. The molecule has 0 amide bonds. The Kier molecular flexibility index (Phi) is 7.79. The maximum Gasteiger partial charge on any atom is 0.147 e. The molecule has 0 N–H and O–H groups in total. The van der Waals surface area contributed by atoms with Crippen molar-refractivity contribution < 1.29 is 9.47 Å². The number of nitrogens with zero attached hydrogens (tertiary/aromatic N) is 3. The normalized spacial score (nSPS) is 11.4. The van der Waals surface area contributed by atoms with Gasteiger partial charge in [0.05, 0.1) is 23.4 Å². The molecular formula is C22H27N3O2S. The summed E-state index contributed by atoms with van der Waals surface area (Å²) in [5.41, 5.74) is 1.71. The quantitative estimate of drug-likeness (QED) is 0.260. The van der Waals surface area contributed by atoms with Gasteiger partial charge >= 0.3 is 0 Å². The molecule has 0 atom stereocenters. The third kappa shape index (κ3) is 5.76. The minimum absolute atomic E-state index is 0.453. The first-order valence-electron chi connectivity index (χ1n) is 9.91. The van der Waals surface area contributed by atoms with Gasteiger partial charge in [-0.2, -0.15) is 10.2 Å². The van der Waals surface area contributed by atoms with Crippen LogP contribution in [0.1, 0.15) is 44.5 Å². The molecule has 0 aliphatic heterocycles. The van der Waals surface area contributed by atoms with Crippen LogP contribution in [-0.2, 0) is 6.54 Å². The number of para-hydroxylation sites is 1. The van der Waals surface area contributed by atoms with Crippen LogP contribution >= 0.6 is 11.3 Å². The minimum atomic E-state index is 0.453. The average Bonchev–Trinajstić information content (AvgIpc) is 3.12. The fraction of sp³-hybridized carbons (Fsp3) is 0.409. The predicted molar refractivity (Wildman–Crippen MR) is 115 cm³/mol. The number of unbranched alkanes of at least 4 members (excludes halogenated alkanes) is 2.